The van der Waals surface area contributed by atoms with E-state index in [9.17, 15) is 15.3 Å². The summed E-state index contributed by atoms with van der Waals surface area (Å²) in [6, 6.07) is 0. The Balaban J connectivity index is -0.000000285. The normalized spacial score (nSPS) is 12.9. The Bertz CT molecular complexity index is 408. The predicted octanol–water partition coefficient (Wildman–Crippen LogP) is 3.48. The van der Waals surface area contributed by atoms with Crippen molar-refractivity contribution in [1.82, 2.24) is 0 Å². The second kappa shape index (κ2) is 16.4. The van der Waals surface area contributed by atoms with Gasteiger partial charge in [-0.15, -0.1) is 36.5 Å². The zero-order valence-electron chi connectivity index (χ0n) is 18.1. The van der Waals surface area contributed by atoms with E-state index in [0.717, 1.165) is 0 Å². The molecule has 0 N–H and O–H groups in total. The SMILES string of the molecule is C=CCC(C)(C)[O-].C=CCC(C)(C)[O-].C=CCC(C)(C)[O-].[Zr+3][C]1=CC=CC1. The van der Waals surface area contributed by atoms with Gasteiger partial charge >= 0.3 is 52.6 Å². The van der Waals surface area contributed by atoms with Crippen molar-refractivity contribution < 1.29 is 40.0 Å². The summed E-state index contributed by atoms with van der Waals surface area (Å²) in [6.07, 6.45) is 14.3. The summed E-state index contributed by atoms with van der Waals surface area (Å²) < 4.78 is 1.56. The quantitative estimate of drug-likeness (QED) is 0.578. The zero-order valence-corrected chi connectivity index (χ0v) is 20.6. The predicted molar refractivity (Wildman–Crippen MR) is 109 cm³/mol. The third-order valence-electron chi connectivity index (χ3n) is 2.68. The van der Waals surface area contributed by atoms with Crippen LogP contribution in [0.3, 0.4) is 0 Å². The van der Waals surface area contributed by atoms with Crippen LogP contribution in [0.4, 0.5) is 0 Å². The van der Waals surface area contributed by atoms with Crippen molar-refractivity contribution in [2.45, 2.75) is 84.0 Å². The average molecular weight is 454 g/mol. The minimum absolute atomic E-state index is 0.549. The van der Waals surface area contributed by atoms with Gasteiger partial charge in [0.1, 0.15) is 0 Å². The Morgan fingerprint density at radius 1 is 0.815 bits per heavy atom. The van der Waals surface area contributed by atoms with Crippen LogP contribution in [-0.2, 0) is 24.7 Å². The van der Waals surface area contributed by atoms with Gasteiger partial charge in [0.2, 0.25) is 0 Å². The summed E-state index contributed by atoms with van der Waals surface area (Å²) in [5.41, 5.74) is -2.45. The second-order valence-corrected chi connectivity index (χ2v) is 9.66. The van der Waals surface area contributed by atoms with Gasteiger partial charge in [-0.05, 0) is 19.3 Å². The van der Waals surface area contributed by atoms with Crippen LogP contribution >= 0.6 is 0 Å². The molecule has 0 aromatic heterocycles. The van der Waals surface area contributed by atoms with Crippen LogP contribution < -0.4 is 15.3 Å². The molecule has 0 radical (unpaired) electrons. The number of hydrogen-bond acceptors (Lipinski definition) is 3. The molecule has 0 bridgehead atoms. The zero-order chi connectivity index (χ0) is 22.1. The van der Waals surface area contributed by atoms with Gasteiger partial charge in [0, 0.05) is 0 Å². The first-order chi connectivity index (χ1) is 12.1. The van der Waals surface area contributed by atoms with E-state index in [0.29, 0.717) is 19.3 Å². The van der Waals surface area contributed by atoms with Crippen LogP contribution in [0.1, 0.15) is 67.2 Å². The molecule has 0 unspecified atom stereocenters. The van der Waals surface area contributed by atoms with E-state index >= 15 is 0 Å². The molecule has 27 heavy (non-hydrogen) atoms. The Labute approximate surface area is 183 Å². The fourth-order valence-electron chi connectivity index (χ4n) is 1.49. The van der Waals surface area contributed by atoms with Crippen LogP contribution in [0.2, 0.25) is 0 Å². The molecule has 0 aromatic carbocycles. The molecule has 0 saturated carbocycles. The number of rotatable bonds is 6. The second-order valence-electron chi connectivity index (χ2n) is 8.08. The summed E-state index contributed by atoms with van der Waals surface area (Å²) in [4.78, 5) is 0. The molecule has 1 rings (SSSR count). The first-order valence-corrected chi connectivity index (χ1v) is 10.3. The van der Waals surface area contributed by atoms with Gasteiger partial charge in [-0.1, -0.05) is 59.8 Å². The van der Waals surface area contributed by atoms with Gasteiger partial charge in [-0.3, -0.25) is 0 Å². The maximum absolute atomic E-state index is 10.6. The van der Waals surface area contributed by atoms with E-state index in [4.69, 9.17) is 0 Å². The first kappa shape index (κ1) is 31.2. The van der Waals surface area contributed by atoms with Gasteiger partial charge in [-0.25, -0.2) is 0 Å². The average Bonchev–Trinajstić information content (AvgIpc) is 2.87. The molecule has 1 aliphatic rings. The summed E-state index contributed by atoms with van der Waals surface area (Å²) in [6.45, 7) is 20.2. The standard InChI is InChI=1S/3C6H11O.C5H5.Zr/c3*1-4-5-6(2,3)7;1-2-4-5-3-1;/h3*4H,1,5H2,2-3H3;1-3H,4H2;/q3*-1;;+3. The van der Waals surface area contributed by atoms with Gasteiger partial charge in [0.25, 0.3) is 0 Å². The van der Waals surface area contributed by atoms with Crippen molar-refractivity contribution in [3.8, 4) is 0 Å². The molecule has 0 fully saturated rings. The molecular weight excluding hydrogens is 415 g/mol. The molecule has 0 aliphatic heterocycles. The first-order valence-electron chi connectivity index (χ1n) is 9.09. The summed E-state index contributed by atoms with van der Waals surface area (Å²) in [5, 5.41) is 31.9. The third kappa shape index (κ3) is 41.1. The molecule has 3 nitrogen and oxygen atoms in total. The minimum atomic E-state index is -0.818. The van der Waals surface area contributed by atoms with Gasteiger partial charge < -0.3 is 15.3 Å². The molecule has 4 heteroatoms. The van der Waals surface area contributed by atoms with Crippen LogP contribution in [-0.4, -0.2) is 16.8 Å². The fraction of sp³-hybridized carbons (Fsp3) is 0.565. The van der Waals surface area contributed by atoms with Crippen LogP contribution in [0, 0.1) is 0 Å². The molecular formula is C23H38O3Zr. The topological polar surface area (TPSA) is 69.2 Å². The Morgan fingerprint density at radius 3 is 1.15 bits per heavy atom. The maximum atomic E-state index is 10.6. The van der Waals surface area contributed by atoms with Crippen LogP contribution in [0.15, 0.2) is 59.5 Å². The Kier molecular flexibility index (Phi) is 19.0. The molecule has 0 amide bonds. The molecule has 0 heterocycles. The Hall–Kier alpha value is -0.537. The molecule has 0 atom stereocenters. The van der Waals surface area contributed by atoms with E-state index < -0.39 is 16.8 Å². The van der Waals surface area contributed by atoms with Crippen LogP contribution in [0.25, 0.3) is 0 Å². The van der Waals surface area contributed by atoms with Gasteiger partial charge in [0.15, 0.2) is 0 Å². The van der Waals surface area contributed by atoms with E-state index in [1.165, 1.54) is 6.42 Å². The van der Waals surface area contributed by atoms with E-state index in [-0.39, 0.29) is 0 Å². The molecule has 0 saturated heterocycles. The van der Waals surface area contributed by atoms with Crippen molar-refractivity contribution in [2.75, 3.05) is 0 Å². The summed E-state index contributed by atoms with van der Waals surface area (Å²) in [5.74, 6) is 0. The van der Waals surface area contributed by atoms with Crippen molar-refractivity contribution in [3.63, 3.8) is 0 Å². The molecule has 1 aliphatic carbocycles. The Morgan fingerprint density at radius 2 is 1.11 bits per heavy atom. The summed E-state index contributed by atoms with van der Waals surface area (Å²) in [7, 11) is 0. The van der Waals surface area contributed by atoms with E-state index in [1.54, 1.807) is 87.8 Å². The van der Waals surface area contributed by atoms with Gasteiger partial charge in [-0.2, -0.15) is 0 Å². The van der Waals surface area contributed by atoms with Crippen molar-refractivity contribution in [2.24, 2.45) is 0 Å². The van der Waals surface area contributed by atoms with Gasteiger partial charge in [0.05, 0.1) is 0 Å². The fourth-order valence-corrected chi connectivity index (χ4v) is 2.02. The molecule has 0 aromatic rings. The monoisotopic (exact) mass is 452 g/mol. The van der Waals surface area contributed by atoms with E-state index in [1.807, 2.05) is 0 Å². The van der Waals surface area contributed by atoms with Crippen molar-refractivity contribution in [1.29, 1.82) is 0 Å². The summed E-state index contributed by atoms with van der Waals surface area (Å²) >= 11 is 1.56. The van der Waals surface area contributed by atoms with Crippen molar-refractivity contribution >= 4 is 0 Å². The van der Waals surface area contributed by atoms with Crippen molar-refractivity contribution in [3.05, 3.63) is 59.5 Å². The van der Waals surface area contributed by atoms with E-state index in [2.05, 4.69) is 38.0 Å². The molecule has 0 spiro atoms. The number of hydrogen-bond donors (Lipinski definition) is 0. The van der Waals surface area contributed by atoms with Crippen LogP contribution in [0.5, 0.6) is 0 Å². The number of allylic oxidation sites excluding steroid dienone is 4. The third-order valence-corrected chi connectivity index (χ3v) is 3.59. The molecule has 152 valence electrons.